The number of ether oxygens (including phenoxy) is 8. The van der Waals surface area contributed by atoms with Gasteiger partial charge in [-0.1, -0.05) is 0 Å². The number of hydrogen-bond acceptors (Lipinski definition) is 10. The molecule has 0 fully saturated rings. The van der Waals surface area contributed by atoms with Crippen molar-refractivity contribution in [1.29, 1.82) is 0 Å². The van der Waals surface area contributed by atoms with Crippen LogP contribution in [0.4, 0.5) is 0 Å². The van der Waals surface area contributed by atoms with Crippen molar-refractivity contribution >= 4 is 33.4 Å². The summed E-state index contributed by atoms with van der Waals surface area (Å²) in [6.07, 6.45) is 0. The summed E-state index contributed by atoms with van der Waals surface area (Å²) < 4.78 is 47.4. The zero-order valence-electron chi connectivity index (χ0n) is 20.2. The molecule has 36 heavy (non-hydrogen) atoms. The molecule has 0 spiro atoms. The molecule has 4 heterocycles. The summed E-state index contributed by atoms with van der Waals surface area (Å²) in [4.78, 5) is 0. The third-order valence-electron chi connectivity index (χ3n) is 6.22. The lowest BCUT2D eigenvalue weighted by Gasteiger charge is -2.22. The average molecular weight is 529 g/mol. The van der Waals surface area contributed by atoms with Crippen LogP contribution in [-0.4, -0.2) is 54.9 Å². The van der Waals surface area contributed by atoms with Gasteiger partial charge in [0.05, 0.1) is 39.2 Å². The third kappa shape index (κ3) is 3.39. The van der Waals surface area contributed by atoms with Crippen LogP contribution in [0.1, 0.15) is 0 Å². The number of fused-ring (bicyclic) bond motifs is 3. The van der Waals surface area contributed by atoms with Gasteiger partial charge in [0, 0.05) is 33.0 Å². The minimum Gasteiger partial charge on any atom is -0.496 e. The Hall–Kier alpha value is -3.50. The van der Waals surface area contributed by atoms with Crippen molar-refractivity contribution in [2.75, 3.05) is 54.9 Å². The maximum absolute atomic E-state index is 6.01. The van der Waals surface area contributed by atoms with Crippen molar-refractivity contribution in [3.63, 3.8) is 0 Å². The molecule has 4 aromatic rings. The molecule has 6 rings (SSSR count). The highest BCUT2D eigenvalue weighted by Crippen LogP contribution is 2.57. The Kier molecular flexibility index (Phi) is 5.85. The van der Waals surface area contributed by atoms with E-state index in [2.05, 4.69) is 0 Å². The Balaban J connectivity index is 1.67. The Morgan fingerprint density at radius 2 is 0.972 bits per heavy atom. The number of hydrogen-bond donors (Lipinski definition) is 0. The summed E-state index contributed by atoms with van der Waals surface area (Å²) >= 11 is 2.98. The van der Waals surface area contributed by atoms with Gasteiger partial charge in [0.1, 0.15) is 49.4 Å². The van der Waals surface area contributed by atoms with Crippen molar-refractivity contribution in [2.45, 2.75) is 0 Å². The second-order valence-electron chi connectivity index (χ2n) is 8.00. The Morgan fingerprint density at radius 3 is 1.36 bits per heavy atom. The molecular weight excluding hydrogens is 504 g/mol. The molecule has 2 aromatic heterocycles. The van der Waals surface area contributed by atoms with Crippen LogP contribution in [0.3, 0.4) is 0 Å². The second kappa shape index (κ2) is 9.18. The molecule has 2 aliphatic rings. The fraction of sp³-hybridized carbons (Fsp3) is 0.308. The van der Waals surface area contributed by atoms with Gasteiger partial charge in [-0.3, -0.25) is 0 Å². The first-order valence-electron chi connectivity index (χ1n) is 11.3. The largest absolute Gasteiger partial charge is 0.496 e. The first-order chi connectivity index (χ1) is 17.7. The fourth-order valence-electron chi connectivity index (χ4n) is 4.71. The van der Waals surface area contributed by atoms with Gasteiger partial charge in [-0.2, -0.15) is 0 Å². The highest BCUT2D eigenvalue weighted by Gasteiger charge is 2.30. The molecular formula is C26H24O8S2. The lowest BCUT2D eigenvalue weighted by molar-refractivity contribution is 0.178. The van der Waals surface area contributed by atoms with Crippen molar-refractivity contribution < 1.29 is 37.9 Å². The van der Waals surface area contributed by atoms with Crippen LogP contribution in [-0.2, 0) is 0 Å². The van der Waals surface area contributed by atoms with Crippen LogP contribution in [0.2, 0.25) is 0 Å². The van der Waals surface area contributed by atoms with E-state index in [9.17, 15) is 0 Å². The van der Waals surface area contributed by atoms with Gasteiger partial charge in [0.15, 0.2) is 11.5 Å². The van der Waals surface area contributed by atoms with E-state index in [0.717, 1.165) is 43.2 Å². The number of benzene rings is 2. The van der Waals surface area contributed by atoms with Gasteiger partial charge in [-0.15, -0.1) is 22.7 Å². The Bertz CT molecular complexity index is 1350. The lowest BCUT2D eigenvalue weighted by Crippen LogP contribution is -2.14. The molecule has 2 aliphatic heterocycles. The molecule has 0 N–H and O–H groups in total. The SMILES string of the molecule is COc1cc(-c2csc3c2OCCO3)c(OC)c2c(OC)cc(-c3csc4c3OCCO4)c(OC)c12. The van der Waals surface area contributed by atoms with E-state index in [4.69, 9.17) is 37.9 Å². The molecule has 0 saturated heterocycles. The van der Waals surface area contributed by atoms with E-state index >= 15 is 0 Å². The number of methoxy groups -OCH3 is 4. The summed E-state index contributed by atoms with van der Waals surface area (Å²) in [5, 5.41) is 6.97. The molecule has 188 valence electrons. The van der Waals surface area contributed by atoms with Crippen LogP contribution in [0.15, 0.2) is 22.9 Å². The third-order valence-corrected chi connectivity index (χ3v) is 7.96. The fourth-order valence-corrected chi connectivity index (χ4v) is 6.48. The average Bonchev–Trinajstić information content (AvgIpc) is 3.55. The monoisotopic (exact) mass is 528 g/mol. The van der Waals surface area contributed by atoms with E-state index in [1.165, 1.54) is 22.7 Å². The van der Waals surface area contributed by atoms with Crippen LogP contribution in [0.5, 0.6) is 44.6 Å². The van der Waals surface area contributed by atoms with E-state index in [0.29, 0.717) is 60.9 Å². The molecule has 0 unspecified atom stereocenters. The Labute approximate surface area is 215 Å². The molecule has 0 amide bonds. The van der Waals surface area contributed by atoms with Crippen molar-refractivity contribution in [3.05, 3.63) is 22.9 Å². The zero-order valence-corrected chi connectivity index (χ0v) is 21.9. The Morgan fingerprint density at radius 1 is 0.556 bits per heavy atom. The van der Waals surface area contributed by atoms with E-state index in [-0.39, 0.29) is 0 Å². The quantitative estimate of drug-likeness (QED) is 0.308. The van der Waals surface area contributed by atoms with Crippen LogP contribution in [0.25, 0.3) is 33.0 Å². The van der Waals surface area contributed by atoms with E-state index in [1.807, 2.05) is 22.9 Å². The minimum atomic E-state index is 0.487. The van der Waals surface area contributed by atoms with Gasteiger partial charge >= 0.3 is 0 Å². The molecule has 0 bridgehead atoms. The normalized spacial score (nSPS) is 14.0. The summed E-state index contributed by atoms with van der Waals surface area (Å²) in [6, 6.07) is 3.88. The van der Waals surface area contributed by atoms with Crippen LogP contribution in [0, 0.1) is 0 Å². The summed E-state index contributed by atoms with van der Waals surface area (Å²) in [6.45, 7) is 2.03. The zero-order chi connectivity index (χ0) is 24.8. The first kappa shape index (κ1) is 22.9. The highest BCUT2D eigenvalue weighted by molar-refractivity contribution is 7.13. The van der Waals surface area contributed by atoms with Gasteiger partial charge < -0.3 is 37.9 Å². The predicted octanol–water partition coefficient (Wildman–Crippen LogP) is 5.87. The van der Waals surface area contributed by atoms with Crippen molar-refractivity contribution in [1.82, 2.24) is 0 Å². The van der Waals surface area contributed by atoms with Gasteiger partial charge in [0.2, 0.25) is 10.1 Å². The molecule has 0 saturated carbocycles. The first-order valence-corrected chi connectivity index (χ1v) is 13.0. The van der Waals surface area contributed by atoms with Gasteiger partial charge in [0.25, 0.3) is 0 Å². The molecule has 2 aromatic carbocycles. The maximum atomic E-state index is 6.01. The van der Waals surface area contributed by atoms with Crippen LogP contribution < -0.4 is 37.9 Å². The minimum absolute atomic E-state index is 0.487. The van der Waals surface area contributed by atoms with Crippen LogP contribution >= 0.6 is 22.7 Å². The topological polar surface area (TPSA) is 73.8 Å². The highest BCUT2D eigenvalue weighted by atomic mass is 32.1. The predicted molar refractivity (Wildman–Crippen MR) is 139 cm³/mol. The van der Waals surface area contributed by atoms with Crippen molar-refractivity contribution in [2.24, 2.45) is 0 Å². The van der Waals surface area contributed by atoms with Gasteiger partial charge in [-0.25, -0.2) is 0 Å². The molecule has 0 aliphatic carbocycles. The summed E-state index contributed by atoms with van der Waals surface area (Å²) in [5.74, 6) is 3.86. The number of thiophene rings is 2. The standard InChI is InChI=1S/C26H24O8S2/c1-27-17-9-13(15-11-35-25-23(15)31-5-7-33-25)22(30-4)20-18(28-2)10-14(21(29-3)19(17)20)16-12-36-26-24(16)32-6-8-34-26/h9-12H,5-8H2,1-4H3. The molecule has 0 radical (unpaired) electrons. The van der Waals surface area contributed by atoms with Crippen molar-refractivity contribution in [3.8, 4) is 66.9 Å². The summed E-state index contributed by atoms with van der Waals surface area (Å²) in [5.41, 5.74) is 3.36. The summed E-state index contributed by atoms with van der Waals surface area (Å²) in [7, 11) is 6.55. The lowest BCUT2D eigenvalue weighted by atomic mass is 9.94. The maximum Gasteiger partial charge on any atom is 0.217 e. The van der Waals surface area contributed by atoms with E-state index in [1.54, 1.807) is 28.4 Å². The molecule has 8 nitrogen and oxygen atoms in total. The smallest absolute Gasteiger partial charge is 0.217 e. The molecule has 0 atom stereocenters. The number of rotatable bonds is 6. The second-order valence-corrected chi connectivity index (χ2v) is 9.68. The molecule has 10 heteroatoms. The van der Waals surface area contributed by atoms with E-state index < -0.39 is 0 Å². The van der Waals surface area contributed by atoms with Gasteiger partial charge in [-0.05, 0) is 12.1 Å².